The van der Waals surface area contributed by atoms with E-state index in [0.29, 0.717) is 0 Å². The molecule has 208 valence electrons. The maximum Gasteiger partial charge on any atom is 0.320 e. The quantitative estimate of drug-likeness (QED) is 0.324. The van der Waals surface area contributed by atoms with E-state index in [2.05, 4.69) is 50.5 Å². The number of nitrogens with zero attached hydrogens (tertiary/aromatic N) is 5. The number of anilines is 1. The van der Waals surface area contributed by atoms with Gasteiger partial charge < -0.3 is 20.2 Å². The fourth-order valence-corrected chi connectivity index (χ4v) is 6.67. The fourth-order valence-electron chi connectivity index (χ4n) is 5.60. The number of aliphatic hydroxyl groups is 1. The number of fused-ring (bicyclic) bond motifs is 1. The first-order valence-corrected chi connectivity index (χ1v) is 15.0. The second-order valence-electron chi connectivity index (χ2n) is 10.6. The van der Waals surface area contributed by atoms with E-state index in [1.807, 2.05) is 40.1 Å². The minimum atomic E-state index is -0.242. The predicted molar refractivity (Wildman–Crippen MR) is 160 cm³/mol. The van der Waals surface area contributed by atoms with Crippen LogP contribution in [0.4, 0.5) is 10.6 Å². The summed E-state index contributed by atoms with van der Waals surface area (Å²) in [6.45, 7) is 6.09. The highest BCUT2D eigenvalue weighted by Crippen LogP contribution is 2.36. The number of benzene rings is 2. The fraction of sp³-hybridized carbons (Fsp3) is 0.387. The molecule has 2 aromatic heterocycles. The Balaban J connectivity index is 1.09. The van der Waals surface area contributed by atoms with Gasteiger partial charge in [0.25, 0.3) is 0 Å². The number of likely N-dealkylation sites (tertiary alicyclic amines) is 1. The lowest BCUT2D eigenvalue weighted by Gasteiger charge is -2.38. The maximum atomic E-state index is 12.8. The van der Waals surface area contributed by atoms with E-state index < -0.39 is 0 Å². The number of hydrogen-bond acceptors (Lipinski definition) is 7. The Morgan fingerprint density at radius 2 is 1.62 bits per heavy atom. The number of amides is 2. The Morgan fingerprint density at radius 3 is 2.35 bits per heavy atom. The van der Waals surface area contributed by atoms with Crippen LogP contribution in [0.15, 0.2) is 67.0 Å². The van der Waals surface area contributed by atoms with E-state index in [1.165, 1.54) is 12.0 Å². The molecular formula is C31H36N6O2S. The van der Waals surface area contributed by atoms with E-state index in [9.17, 15) is 9.90 Å². The molecule has 2 saturated heterocycles. The molecule has 8 nitrogen and oxygen atoms in total. The summed E-state index contributed by atoms with van der Waals surface area (Å²) in [5.41, 5.74) is 4.33. The molecule has 2 N–H and O–H groups in total. The number of aliphatic hydroxyl groups excluding tert-OH is 1. The number of piperazine rings is 1. The normalized spacial score (nSPS) is 17.2. The molecular weight excluding hydrogens is 520 g/mol. The van der Waals surface area contributed by atoms with E-state index in [-0.39, 0.29) is 18.7 Å². The summed E-state index contributed by atoms with van der Waals surface area (Å²) in [6.07, 6.45) is 5.08. The zero-order valence-electron chi connectivity index (χ0n) is 22.7. The minimum Gasteiger partial charge on any atom is -0.394 e. The molecule has 2 aliphatic heterocycles. The molecule has 2 aliphatic rings. The SMILES string of the molecule is O=C(N1CCCCC1)N1CCN(Cc2ccc(-c3cc4ncnc(NC(CO)c5ccccc5)c4s3)cc2)CC1. The van der Waals surface area contributed by atoms with Crippen molar-refractivity contribution in [3.63, 3.8) is 0 Å². The zero-order valence-corrected chi connectivity index (χ0v) is 23.5. The van der Waals surface area contributed by atoms with Gasteiger partial charge in [-0.3, -0.25) is 4.90 Å². The van der Waals surface area contributed by atoms with Crippen LogP contribution in [0.2, 0.25) is 0 Å². The topological polar surface area (TPSA) is 84.8 Å². The highest BCUT2D eigenvalue weighted by Gasteiger charge is 2.26. The van der Waals surface area contributed by atoms with E-state index >= 15 is 0 Å². The van der Waals surface area contributed by atoms with Gasteiger partial charge in [0, 0.05) is 50.7 Å². The molecule has 40 heavy (non-hydrogen) atoms. The molecule has 2 fully saturated rings. The van der Waals surface area contributed by atoms with Gasteiger partial charge >= 0.3 is 6.03 Å². The molecule has 6 rings (SSSR count). The molecule has 0 spiro atoms. The third kappa shape index (κ3) is 5.96. The molecule has 4 aromatic rings. The van der Waals surface area contributed by atoms with Crippen molar-refractivity contribution < 1.29 is 9.90 Å². The van der Waals surface area contributed by atoms with Crippen molar-refractivity contribution in [2.75, 3.05) is 51.2 Å². The van der Waals surface area contributed by atoms with E-state index in [0.717, 1.165) is 90.7 Å². The van der Waals surface area contributed by atoms with Crippen LogP contribution in [0.3, 0.4) is 0 Å². The molecule has 0 radical (unpaired) electrons. The van der Waals surface area contributed by atoms with Crippen LogP contribution in [-0.4, -0.2) is 81.7 Å². The Labute approximate surface area is 239 Å². The van der Waals surface area contributed by atoms with Crippen LogP contribution < -0.4 is 5.32 Å². The van der Waals surface area contributed by atoms with Crippen LogP contribution in [0, 0.1) is 0 Å². The van der Waals surface area contributed by atoms with Crippen LogP contribution in [0.5, 0.6) is 0 Å². The number of carbonyl (C=O) groups is 1. The summed E-state index contributed by atoms with van der Waals surface area (Å²) in [6, 6.07) is 20.8. The maximum absolute atomic E-state index is 12.8. The second-order valence-corrected chi connectivity index (χ2v) is 11.7. The molecule has 9 heteroatoms. The van der Waals surface area contributed by atoms with Crippen LogP contribution in [0.1, 0.15) is 36.4 Å². The van der Waals surface area contributed by atoms with Crippen molar-refractivity contribution in [3.8, 4) is 10.4 Å². The van der Waals surface area contributed by atoms with Gasteiger partial charge in [-0.1, -0.05) is 54.6 Å². The van der Waals surface area contributed by atoms with Gasteiger partial charge in [0.2, 0.25) is 0 Å². The highest BCUT2D eigenvalue weighted by atomic mass is 32.1. The molecule has 0 aliphatic carbocycles. The van der Waals surface area contributed by atoms with Crippen LogP contribution in [-0.2, 0) is 6.54 Å². The second kappa shape index (κ2) is 12.3. The lowest BCUT2D eigenvalue weighted by molar-refractivity contribution is 0.105. The van der Waals surface area contributed by atoms with Gasteiger partial charge in [0.1, 0.15) is 12.1 Å². The lowest BCUT2D eigenvalue weighted by Crippen LogP contribution is -2.53. The molecule has 0 saturated carbocycles. The number of aromatic nitrogens is 2. The molecule has 2 amide bonds. The number of piperidine rings is 1. The Kier molecular flexibility index (Phi) is 8.22. The highest BCUT2D eigenvalue weighted by molar-refractivity contribution is 7.22. The van der Waals surface area contributed by atoms with E-state index in [1.54, 1.807) is 17.7 Å². The van der Waals surface area contributed by atoms with Crippen molar-refractivity contribution >= 4 is 33.4 Å². The van der Waals surface area contributed by atoms with Crippen LogP contribution in [0.25, 0.3) is 20.7 Å². The standard InChI is InChI=1S/C31H36N6O2S/c38-21-27(24-7-3-1-4-8-24)34-30-29-26(32-22-33-30)19-28(40-29)25-11-9-23(10-12-25)20-35-15-17-37(18-16-35)31(39)36-13-5-2-6-14-36/h1,3-4,7-12,19,22,27,38H,2,5-6,13-18,20-21H2,(H,32,33,34). The van der Waals surface area contributed by atoms with Crippen molar-refractivity contribution in [1.29, 1.82) is 0 Å². The van der Waals surface area contributed by atoms with Crippen molar-refractivity contribution in [1.82, 2.24) is 24.7 Å². The van der Waals surface area contributed by atoms with Crippen molar-refractivity contribution in [2.45, 2.75) is 31.8 Å². The number of urea groups is 1. The molecule has 1 unspecified atom stereocenters. The van der Waals surface area contributed by atoms with Crippen molar-refractivity contribution in [2.24, 2.45) is 0 Å². The molecule has 4 heterocycles. The predicted octanol–water partition coefficient (Wildman–Crippen LogP) is 5.23. The average Bonchev–Trinajstić information content (AvgIpc) is 3.46. The molecule has 1 atom stereocenters. The molecule has 2 aromatic carbocycles. The third-order valence-corrected chi connectivity index (χ3v) is 9.10. The first-order chi connectivity index (χ1) is 19.7. The van der Waals surface area contributed by atoms with Gasteiger partial charge in [-0.15, -0.1) is 11.3 Å². The van der Waals surface area contributed by atoms with Gasteiger partial charge in [-0.25, -0.2) is 14.8 Å². The third-order valence-electron chi connectivity index (χ3n) is 7.92. The summed E-state index contributed by atoms with van der Waals surface area (Å²) in [5.74, 6) is 0.735. The average molecular weight is 557 g/mol. The molecule has 0 bridgehead atoms. The number of thiophene rings is 1. The summed E-state index contributed by atoms with van der Waals surface area (Å²) in [7, 11) is 0. The summed E-state index contributed by atoms with van der Waals surface area (Å²) >= 11 is 1.66. The minimum absolute atomic E-state index is 0.0288. The van der Waals surface area contributed by atoms with Crippen LogP contribution >= 0.6 is 11.3 Å². The number of hydrogen-bond donors (Lipinski definition) is 2. The Morgan fingerprint density at radius 1 is 0.900 bits per heavy atom. The Hall–Kier alpha value is -3.53. The van der Waals surface area contributed by atoms with Gasteiger partial charge in [0.15, 0.2) is 0 Å². The number of nitrogens with one attached hydrogen (secondary N) is 1. The van der Waals surface area contributed by atoms with Gasteiger partial charge in [-0.05, 0) is 42.0 Å². The van der Waals surface area contributed by atoms with Gasteiger partial charge in [-0.2, -0.15) is 0 Å². The summed E-state index contributed by atoms with van der Waals surface area (Å²) in [4.78, 5) is 29.4. The largest absolute Gasteiger partial charge is 0.394 e. The smallest absolute Gasteiger partial charge is 0.320 e. The summed E-state index contributed by atoms with van der Waals surface area (Å²) in [5, 5.41) is 13.4. The number of rotatable bonds is 7. The summed E-state index contributed by atoms with van der Waals surface area (Å²) < 4.78 is 0.980. The number of carbonyl (C=O) groups excluding carboxylic acids is 1. The lowest BCUT2D eigenvalue weighted by atomic mass is 10.1. The van der Waals surface area contributed by atoms with Gasteiger partial charge in [0.05, 0.1) is 22.9 Å². The van der Waals surface area contributed by atoms with Crippen molar-refractivity contribution in [3.05, 3.63) is 78.1 Å². The monoisotopic (exact) mass is 556 g/mol. The first-order valence-electron chi connectivity index (χ1n) is 14.2. The Bertz CT molecular complexity index is 1410. The van der Waals surface area contributed by atoms with E-state index in [4.69, 9.17) is 0 Å². The zero-order chi connectivity index (χ0) is 27.3. The first kappa shape index (κ1) is 26.7.